The normalized spacial score (nSPS) is 11.0. The lowest BCUT2D eigenvalue weighted by molar-refractivity contribution is 0.415. The quantitative estimate of drug-likeness (QED) is 0.743. The van der Waals surface area contributed by atoms with Crippen molar-refractivity contribution in [1.82, 2.24) is 15.0 Å². The molecule has 1 aromatic carbocycles. The molecule has 0 aliphatic rings. The molecule has 0 bridgehead atoms. The lowest BCUT2D eigenvalue weighted by atomic mass is 10.2. The fourth-order valence-electron chi connectivity index (χ4n) is 2.19. The second-order valence-corrected chi connectivity index (χ2v) is 5.95. The highest BCUT2D eigenvalue weighted by Gasteiger charge is 2.07. The van der Waals surface area contributed by atoms with Crippen LogP contribution >= 0.6 is 11.8 Å². The zero-order chi connectivity index (χ0) is 14.8. The van der Waals surface area contributed by atoms with Crippen LogP contribution in [0.15, 0.2) is 35.6 Å². The van der Waals surface area contributed by atoms with Gasteiger partial charge in [0.2, 0.25) is 0 Å². The number of hydrogen-bond donors (Lipinski definition) is 1. The van der Waals surface area contributed by atoms with Crippen LogP contribution in [0.5, 0.6) is 5.75 Å². The molecule has 1 N–H and O–H groups in total. The molecule has 0 atom stereocenters. The van der Waals surface area contributed by atoms with Crippen molar-refractivity contribution >= 4 is 22.8 Å². The van der Waals surface area contributed by atoms with Crippen LogP contribution in [0.4, 0.5) is 0 Å². The summed E-state index contributed by atoms with van der Waals surface area (Å²) in [6, 6.07) is 8.01. The van der Waals surface area contributed by atoms with Crippen LogP contribution in [0.2, 0.25) is 0 Å². The Balaban J connectivity index is 1.78. The third kappa shape index (κ3) is 3.03. The molecule has 3 aromatic rings. The summed E-state index contributed by atoms with van der Waals surface area (Å²) in [4.78, 5) is 12.4. The lowest BCUT2D eigenvalue weighted by Crippen LogP contribution is -1.92. The van der Waals surface area contributed by atoms with Crippen molar-refractivity contribution in [2.45, 2.75) is 24.8 Å². The van der Waals surface area contributed by atoms with E-state index >= 15 is 0 Å². The molecule has 3 rings (SSSR count). The van der Waals surface area contributed by atoms with E-state index in [1.807, 2.05) is 24.4 Å². The highest BCUT2D eigenvalue weighted by atomic mass is 32.2. The van der Waals surface area contributed by atoms with Crippen molar-refractivity contribution in [3.63, 3.8) is 0 Å². The van der Waals surface area contributed by atoms with Crippen LogP contribution in [0.1, 0.15) is 16.8 Å². The van der Waals surface area contributed by atoms with Gasteiger partial charge in [0.25, 0.3) is 0 Å². The largest absolute Gasteiger partial charge is 0.497 e. The van der Waals surface area contributed by atoms with Crippen LogP contribution in [0, 0.1) is 13.8 Å². The molecule has 0 amide bonds. The Morgan fingerprint density at radius 3 is 2.86 bits per heavy atom. The molecule has 2 aromatic heterocycles. The van der Waals surface area contributed by atoms with E-state index in [9.17, 15) is 0 Å². The second-order valence-electron chi connectivity index (χ2n) is 4.99. The first kappa shape index (κ1) is 13.9. The number of thioether (sulfide) groups is 1. The second kappa shape index (κ2) is 5.77. The van der Waals surface area contributed by atoms with Gasteiger partial charge in [-0.25, -0.2) is 4.98 Å². The summed E-state index contributed by atoms with van der Waals surface area (Å²) in [7, 11) is 1.66. The van der Waals surface area contributed by atoms with Gasteiger partial charge in [-0.3, -0.25) is 4.98 Å². The maximum Gasteiger partial charge on any atom is 0.166 e. The van der Waals surface area contributed by atoms with E-state index in [1.165, 1.54) is 11.1 Å². The number of methoxy groups -OCH3 is 1. The number of nitrogens with zero attached hydrogens (tertiary/aromatic N) is 2. The summed E-state index contributed by atoms with van der Waals surface area (Å²) in [6.07, 6.45) is 1.91. The third-order valence-corrected chi connectivity index (χ3v) is 4.22. The zero-order valence-corrected chi connectivity index (χ0v) is 13.1. The summed E-state index contributed by atoms with van der Waals surface area (Å²) >= 11 is 1.66. The van der Waals surface area contributed by atoms with E-state index in [1.54, 1.807) is 18.9 Å². The summed E-state index contributed by atoms with van der Waals surface area (Å²) in [5.41, 5.74) is 5.46. The van der Waals surface area contributed by atoms with Gasteiger partial charge in [0, 0.05) is 18.0 Å². The van der Waals surface area contributed by atoms with E-state index in [2.05, 4.69) is 34.9 Å². The molecule has 2 heterocycles. The molecule has 21 heavy (non-hydrogen) atoms. The third-order valence-electron chi connectivity index (χ3n) is 3.34. The minimum Gasteiger partial charge on any atom is -0.497 e. The van der Waals surface area contributed by atoms with E-state index in [0.29, 0.717) is 0 Å². The SMILES string of the molecule is COc1ccc2[nH]c(SCc3ncc(C)cc3C)nc2c1. The van der Waals surface area contributed by atoms with Crippen LogP contribution in [0.25, 0.3) is 11.0 Å². The van der Waals surface area contributed by atoms with Crippen molar-refractivity contribution in [3.05, 3.63) is 47.3 Å². The van der Waals surface area contributed by atoms with Gasteiger partial charge < -0.3 is 9.72 Å². The predicted molar refractivity (Wildman–Crippen MR) is 85.9 cm³/mol. The molecule has 0 aliphatic heterocycles. The minimum absolute atomic E-state index is 0.809. The van der Waals surface area contributed by atoms with E-state index in [4.69, 9.17) is 4.74 Å². The smallest absolute Gasteiger partial charge is 0.166 e. The Labute approximate surface area is 128 Å². The van der Waals surface area contributed by atoms with Gasteiger partial charge in [-0.05, 0) is 37.1 Å². The number of nitrogens with one attached hydrogen (secondary N) is 1. The van der Waals surface area contributed by atoms with Crippen LogP contribution in [-0.2, 0) is 5.75 Å². The molecule has 108 valence electrons. The van der Waals surface area contributed by atoms with E-state index < -0.39 is 0 Å². The predicted octanol–water partition coefficient (Wildman–Crippen LogP) is 3.88. The first-order chi connectivity index (χ1) is 10.2. The van der Waals surface area contributed by atoms with E-state index in [0.717, 1.165) is 33.4 Å². The number of hydrogen-bond acceptors (Lipinski definition) is 4. The highest BCUT2D eigenvalue weighted by molar-refractivity contribution is 7.98. The first-order valence-electron chi connectivity index (χ1n) is 6.74. The molecule has 4 nitrogen and oxygen atoms in total. The molecule has 0 saturated heterocycles. The monoisotopic (exact) mass is 299 g/mol. The summed E-state index contributed by atoms with van der Waals surface area (Å²) in [5.74, 6) is 1.63. The molecular formula is C16H17N3OS. The lowest BCUT2D eigenvalue weighted by Gasteiger charge is -2.03. The van der Waals surface area contributed by atoms with Crippen molar-refractivity contribution in [2.75, 3.05) is 7.11 Å². The van der Waals surface area contributed by atoms with Gasteiger partial charge in [-0.1, -0.05) is 17.8 Å². The minimum atomic E-state index is 0.809. The number of H-pyrrole nitrogens is 1. The molecule has 0 aliphatic carbocycles. The highest BCUT2D eigenvalue weighted by Crippen LogP contribution is 2.25. The summed E-state index contributed by atoms with van der Waals surface area (Å²) in [6.45, 7) is 4.16. The van der Waals surface area contributed by atoms with Gasteiger partial charge in [-0.2, -0.15) is 0 Å². The Hall–Kier alpha value is -2.01. The zero-order valence-electron chi connectivity index (χ0n) is 12.3. The average Bonchev–Trinajstić information content (AvgIpc) is 2.88. The molecule has 5 heteroatoms. The number of rotatable bonds is 4. The van der Waals surface area contributed by atoms with Gasteiger partial charge in [0.1, 0.15) is 5.75 Å². The standard InChI is InChI=1S/C16H17N3OS/c1-10-6-11(2)15(17-8-10)9-21-16-18-13-5-4-12(20-3)7-14(13)19-16/h4-8H,9H2,1-3H3,(H,18,19). The number of pyridine rings is 1. The van der Waals surface area contributed by atoms with Gasteiger partial charge >= 0.3 is 0 Å². The number of aromatic nitrogens is 3. The Morgan fingerprint density at radius 2 is 2.10 bits per heavy atom. The Morgan fingerprint density at radius 1 is 1.24 bits per heavy atom. The van der Waals surface area contributed by atoms with Crippen molar-refractivity contribution in [3.8, 4) is 5.75 Å². The van der Waals surface area contributed by atoms with Crippen molar-refractivity contribution in [1.29, 1.82) is 0 Å². The van der Waals surface area contributed by atoms with Crippen LogP contribution in [0.3, 0.4) is 0 Å². The number of aromatic amines is 1. The van der Waals surface area contributed by atoms with E-state index in [-0.39, 0.29) is 0 Å². The Kier molecular flexibility index (Phi) is 3.84. The molecule has 0 unspecified atom stereocenters. The number of ether oxygens (including phenoxy) is 1. The molecule has 0 spiro atoms. The summed E-state index contributed by atoms with van der Waals surface area (Å²) < 4.78 is 5.22. The topological polar surface area (TPSA) is 50.8 Å². The van der Waals surface area contributed by atoms with Gasteiger partial charge in [0.15, 0.2) is 5.16 Å². The first-order valence-corrected chi connectivity index (χ1v) is 7.73. The molecule has 0 saturated carbocycles. The fourth-order valence-corrected chi connectivity index (χ4v) is 3.11. The number of fused-ring (bicyclic) bond motifs is 1. The van der Waals surface area contributed by atoms with Crippen molar-refractivity contribution < 1.29 is 4.74 Å². The number of benzene rings is 1. The maximum atomic E-state index is 5.22. The van der Waals surface area contributed by atoms with Crippen LogP contribution in [-0.4, -0.2) is 22.1 Å². The van der Waals surface area contributed by atoms with Gasteiger partial charge in [0.05, 0.1) is 23.8 Å². The molecular weight excluding hydrogens is 282 g/mol. The maximum absolute atomic E-state index is 5.22. The average molecular weight is 299 g/mol. The van der Waals surface area contributed by atoms with Crippen LogP contribution < -0.4 is 4.74 Å². The fraction of sp³-hybridized carbons (Fsp3) is 0.250. The Bertz CT molecular complexity index is 782. The molecule has 0 radical (unpaired) electrons. The number of aryl methyl sites for hydroxylation is 2. The molecule has 0 fully saturated rings. The summed E-state index contributed by atoms with van der Waals surface area (Å²) in [5, 5.41) is 0.903. The van der Waals surface area contributed by atoms with Crippen molar-refractivity contribution in [2.24, 2.45) is 0 Å². The van der Waals surface area contributed by atoms with Gasteiger partial charge in [-0.15, -0.1) is 0 Å². The number of imidazole rings is 1.